The van der Waals surface area contributed by atoms with Crippen LogP contribution in [0, 0.1) is 0 Å². The molecule has 0 aliphatic carbocycles. The van der Waals surface area contributed by atoms with E-state index in [9.17, 15) is 0 Å². The minimum Gasteiger partial charge on any atom is -0.492 e. The van der Waals surface area contributed by atoms with E-state index in [1.165, 1.54) is 0 Å². The van der Waals surface area contributed by atoms with Gasteiger partial charge >= 0.3 is 0 Å². The van der Waals surface area contributed by atoms with E-state index >= 15 is 0 Å². The summed E-state index contributed by atoms with van der Waals surface area (Å²) in [5.41, 5.74) is 1.06. The lowest BCUT2D eigenvalue weighted by molar-refractivity contribution is 0.144. The van der Waals surface area contributed by atoms with Crippen LogP contribution >= 0.6 is 11.6 Å². The predicted molar refractivity (Wildman–Crippen MR) is 79.3 cm³/mol. The molecule has 1 N–H and O–H groups in total. The molecule has 1 aliphatic heterocycles. The molecule has 0 saturated carbocycles. The van der Waals surface area contributed by atoms with Crippen molar-refractivity contribution in [2.24, 2.45) is 0 Å². The Kier molecular flexibility index (Phi) is 5.80. The standard InChI is InChI=1S/C15H22ClNO2/c1-2-8-19-15-6-5-13(11-14(15)16)17-12-4-3-9-18-10-7-12/h5-6,11-12,17H,2-4,7-10H2,1H3. The first-order valence-electron chi connectivity index (χ1n) is 7.06. The van der Waals surface area contributed by atoms with Crippen molar-refractivity contribution in [2.45, 2.75) is 38.6 Å². The fraction of sp³-hybridized carbons (Fsp3) is 0.600. The maximum atomic E-state index is 6.23. The highest BCUT2D eigenvalue weighted by molar-refractivity contribution is 6.32. The summed E-state index contributed by atoms with van der Waals surface area (Å²) < 4.78 is 11.0. The third-order valence-electron chi connectivity index (χ3n) is 3.22. The summed E-state index contributed by atoms with van der Waals surface area (Å²) in [5, 5.41) is 4.19. The molecular weight excluding hydrogens is 262 g/mol. The average molecular weight is 284 g/mol. The van der Waals surface area contributed by atoms with Gasteiger partial charge in [0.1, 0.15) is 5.75 Å². The largest absolute Gasteiger partial charge is 0.492 e. The van der Waals surface area contributed by atoms with Crippen LogP contribution in [0.2, 0.25) is 5.02 Å². The molecule has 0 bridgehead atoms. The first kappa shape index (κ1) is 14.5. The lowest BCUT2D eigenvalue weighted by Crippen LogP contribution is -2.19. The number of ether oxygens (including phenoxy) is 2. The van der Waals surface area contributed by atoms with E-state index < -0.39 is 0 Å². The molecule has 106 valence electrons. The van der Waals surface area contributed by atoms with Crippen molar-refractivity contribution < 1.29 is 9.47 Å². The number of rotatable bonds is 5. The second-order valence-corrected chi connectivity index (χ2v) is 5.29. The number of benzene rings is 1. The molecule has 0 radical (unpaired) electrons. The van der Waals surface area contributed by atoms with Gasteiger partial charge in [0.15, 0.2) is 0 Å². The highest BCUT2D eigenvalue weighted by Gasteiger charge is 2.12. The SMILES string of the molecule is CCCOc1ccc(NC2CCCOCC2)cc1Cl. The van der Waals surface area contributed by atoms with Crippen molar-refractivity contribution in [2.75, 3.05) is 25.1 Å². The highest BCUT2D eigenvalue weighted by Crippen LogP contribution is 2.28. The van der Waals surface area contributed by atoms with Gasteiger partial charge in [-0.05, 0) is 43.9 Å². The zero-order valence-electron chi connectivity index (χ0n) is 11.5. The van der Waals surface area contributed by atoms with Crippen molar-refractivity contribution >= 4 is 17.3 Å². The van der Waals surface area contributed by atoms with Crippen molar-refractivity contribution in [1.29, 1.82) is 0 Å². The predicted octanol–water partition coefficient (Wildman–Crippen LogP) is 4.11. The third kappa shape index (κ3) is 4.59. The van der Waals surface area contributed by atoms with Gasteiger partial charge in [-0.3, -0.25) is 0 Å². The van der Waals surface area contributed by atoms with E-state index in [1.807, 2.05) is 18.2 Å². The molecular formula is C15H22ClNO2. The monoisotopic (exact) mass is 283 g/mol. The Morgan fingerprint density at radius 3 is 3.05 bits per heavy atom. The summed E-state index contributed by atoms with van der Waals surface area (Å²) in [6.07, 6.45) is 4.29. The Labute approximate surface area is 120 Å². The Bertz CT molecular complexity index is 390. The summed E-state index contributed by atoms with van der Waals surface area (Å²) in [5.74, 6) is 0.762. The molecule has 3 nitrogen and oxygen atoms in total. The van der Waals surface area contributed by atoms with Crippen LogP contribution in [0.25, 0.3) is 0 Å². The van der Waals surface area contributed by atoms with Gasteiger partial charge in [-0.1, -0.05) is 18.5 Å². The van der Waals surface area contributed by atoms with E-state index in [1.54, 1.807) is 0 Å². The third-order valence-corrected chi connectivity index (χ3v) is 3.51. The van der Waals surface area contributed by atoms with E-state index in [2.05, 4.69) is 12.2 Å². The lowest BCUT2D eigenvalue weighted by Gasteiger charge is -2.18. The number of hydrogen-bond acceptors (Lipinski definition) is 3. The molecule has 4 heteroatoms. The summed E-state index contributed by atoms with van der Waals surface area (Å²) in [6.45, 7) is 4.50. The van der Waals surface area contributed by atoms with Gasteiger partial charge in [-0.2, -0.15) is 0 Å². The zero-order valence-corrected chi connectivity index (χ0v) is 12.2. The van der Waals surface area contributed by atoms with Crippen LogP contribution in [0.15, 0.2) is 18.2 Å². The van der Waals surface area contributed by atoms with E-state index in [4.69, 9.17) is 21.1 Å². The van der Waals surface area contributed by atoms with Gasteiger partial charge in [0.05, 0.1) is 11.6 Å². The normalized spacial score (nSPS) is 19.8. The Balaban J connectivity index is 1.94. The minimum absolute atomic E-state index is 0.473. The summed E-state index contributed by atoms with van der Waals surface area (Å²) in [6, 6.07) is 6.38. The number of anilines is 1. The van der Waals surface area contributed by atoms with Gasteiger partial charge in [0, 0.05) is 24.9 Å². The van der Waals surface area contributed by atoms with Crippen LogP contribution < -0.4 is 10.1 Å². The topological polar surface area (TPSA) is 30.5 Å². The fourth-order valence-corrected chi connectivity index (χ4v) is 2.44. The van der Waals surface area contributed by atoms with Crippen molar-refractivity contribution in [1.82, 2.24) is 0 Å². The van der Waals surface area contributed by atoms with Gasteiger partial charge in [-0.15, -0.1) is 0 Å². The second-order valence-electron chi connectivity index (χ2n) is 4.88. The molecule has 1 aliphatic rings. The summed E-state index contributed by atoms with van der Waals surface area (Å²) in [7, 11) is 0. The molecule has 1 fully saturated rings. The first-order chi connectivity index (χ1) is 9.29. The Morgan fingerprint density at radius 1 is 1.37 bits per heavy atom. The lowest BCUT2D eigenvalue weighted by atomic mass is 10.1. The van der Waals surface area contributed by atoms with Gasteiger partial charge in [0.2, 0.25) is 0 Å². The smallest absolute Gasteiger partial charge is 0.138 e. The maximum Gasteiger partial charge on any atom is 0.138 e. The Morgan fingerprint density at radius 2 is 2.26 bits per heavy atom. The number of hydrogen-bond donors (Lipinski definition) is 1. The van der Waals surface area contributed by atoms with Crippen LogP contribution in [0.4, 0.5) is 5.69 Å². The van der Waals surface area contributed by atoms with Gasteiger partial charge in [0.25, 0.3) is 0 Å². The average Bonchev–Trinajstić information content (AvgIpc) is 2.66. The van der Waals surface area contributed by atoms with Crippen LogP contribution in [-0.2, 0) is 4.74 Å². The zero-order chi connectivity index (χ0) is 13.5. The molecule has 1 aromatic carbocycles. The first-order valence-corrected chi connectivity index (χ1v) is 7.44. The molecule has 1 unspecified atom stereocenters. The number of halogens is 1. The highest BCUT2D eigenvalue weighted by atomic mass is 35.5. The molecule has 1 saturated heterocycles. The van der Waals surface area contributed by atoms with Crippen molar-refractivity contribution in [3.8, 4) is 5.75 Å². The molecule has 1 atom stereocenters. The molecule has 0 spiro atoms. The molecule has 1 aromatic rings. The fourth-order valence-electron chi connectivity index (χ4n) is 2.20. The Hall–Kier alpha value is -0.930. The minimum atomic E-state index is 0.473. The summed E-state index contributed by atoms with van der Waals surface area (Å²) >= 11 is 6.23. The van der Waals surface area contributed by atoms with Crippen molar-refractivity contribution in [3.05, 3.63) is 23.2 Å². The van der Waals surface area contributed by atoms with Crippen LogP contribution in [0.3, 0.4) is 0 Å². The van der Waals surface area contributed by atoms with E-state index in [0.717, 1.165) is 50.3 Å². The van der Waals surface area contributed by atoms with Crippen molar-refractivity contribution in [3.63, 3.8) is 0 Å². The summed E-state index contributed by atoms with van der Waals surface area (Å²) in [4.78, 5) is 0. The van der Waals surface area contributed by atoms with E-state index in [-0.39, 0.29) is 0 Å². The second kappa shape index (κ2) is 7.61. The molecule has 19 heavy (non-hydrogen) atoms. The van der Waals surface area contributed by atoms with Gasteiger partial charge in [-0.25, -0.2) is 0 Å². The van der Waals surface area contributed by atoms with E-state index in [0.29, 0.717) is 17.7 Å². The quantitative estimate of drug-likeness (QED) is 0.882. The van der Waals surface area contributed by atoms with Crippen LogP contribution in [-0.4, -0.2) is 25.9 Å². The maximum absolute atomic E-state index is 6.23. The molecule has 0 aromatic heterocycles. The van der Waals surface area contributed by atoms with Crippen LogP contribution in [0.5, 0.6) is 5.75 Å². The molecule has 2 rings (SSSR count). The van der Waals surface area contributed by atoms with Crippen LogP contribution in [0.1, 0.15) is 32.6 Å². The van der Waals surface area contributed by atoms with Gasteiger partial charge < -0.3 is 14.8 Å². The molecule has 0 amide bonds. The molecule has 1 heterocycles. The number of nitrogens with one attached hydrogen (secondary N) is 1.